The second-order valence-corrected chi connectivity index (χ2v) is 8.06. The molecule has 2 aliphatic heterocycles. The summed E-state index contributed by atoms with van der Waals surface area (Å²) in [5, 5.41) is 12.9. The first-order valence-electron chi connectivity index (χ1n) is 7.87. The van der Waals surface area contributed by atoms with Crippen molar-refractivity contribution in [1.29, 1.82) is 0 Å². The van der Waals surface area contributed by atoms with Gasteiger partial charge < -0.3 is 10.6 Å². The van der Waals surface area contributed by atoms with Gasteiger partial charge in [0, 0.05) is 30.6 Å². The van der Waals surface area contributed by atoms with Crippen LogP contribution in [0.4, 0.5) is 5.82 Å². The normalized spacial score (nSPS) is 27.0. The number of aromatic amines is 1. The molecule has 0 radical (unpaired) electrons. The molecule has 3 aliphatic rings. The molecule has 1 aromatic rings. The third-order valence-corrected chi connectivity index (χ3v) is 4.52. The topological polar surface area (TPSA) is 86.9 Å². The van der Waals surface area contributed by atoms with Crippen LogP contribution in [0.2, 0.25) is 0 Å². The molecule has 120 valence electrons. The van der Waals surface area contributed by atoms with Crippen molar-refractivity contribution >= 4 is 17.6 Å². The maximum Gasteiger partial charge on any atom is 0.226 e. The Labute approximate surface area is 130 Å². The molecule has 0 aromatic carbocycles. The van der Waals surface area contributed by atoms with E-state index >= 15 is 0 Å². The summed E-state index contributed by atoms with van der Waals surface area (Å²) in [6.07, 6.45) is 3.00. The molecule has 2 amide bonds. The molecule has 1 saturated carbocycles. The zero-order valence-electron chi connectivity index (χ0n) is 13.5. The Hall–Kier alpha value is -1.85. The molecule has 3 fully saturated rings. The number of aromatic nitrogens is 2. The van der Waals surface area contributed by atoms with E-state index in [1.165, 1.54) is 0 Å². The lowest BCUT2D eigenvalue weighted by molar-refractivity contribution is -0.144. The van der Waals surface area contributed by atoms with Gasteiger partial charge in [-0.1, -0.05) is 20.8 Å². The number of nitrogens with zero attached hydrogens (tertiary/aromatic N) is 1. The Kier molecular flexibility index (Phi) is 3.50. The Morgan fingerprint density at radius 2 is 2.18 bits per heavy atom. The average molecular weight is 304 g/mol. The number of amides is 2. The summed E-state index contributed by atoms with van der Waals surface area (Å²) in [7, 11) is 0. The summed E-state index contributed by atoms with van der Waals surface area (Å²) < 4.78 is 0. The quantitative estimate of drug-likeness (QED) is 0.793. The van der Waals surface area contributed by atoms with E-state index in [0.29, 0.717) is 18.8 Å². The third kappa shape index (κ3) is 3.15. The van der Waals surface area contributed by atoms with Gasteiger partial charge in [0.2, 0.25) is 11.8 Å². The zero-order valence-corrected chi connectivity index (χ0v) is 13.5. The number of piperidine rings is 2. The summed E-state index contributed by atoms with van der Waals surface area (Å²) in [5.74, 6) is 0.812. The molecule has 1 aliphatic carbocycles. The van der Waals surface area contributed by atoms with Crippen LogP contribution >= 0.6 is 0 Å². The smallest absolute Gasteiger partial charge is 0.226 e. The molecule has 3 N–H and O–H groups in total. The maximum atomic E-state index is 12.2. The van der Waals surface area contributed by atoms with Crippen molar-refractivity contribution in [3.05, 3.63) is 11.8 Å². The first kappa shape index (κ1) is 15.1. The van der Waals surface area contributed by atoms with E-state index in [0.717, 1.165) is 25.0 Å². The van der Waals surface area contributed by atoms with Gasteiger partial charge in [-0.25, -0.2) is 0 Å². The molecule has 6 nitrogen and oxygen atoms in total. The number of hydrogen-bond donors (Lipinski definition) is 3. The lowest BCUT2D eigenvalue weighted by atomic mass is 9.57. The predicted molar refractivity (Wildman–Crippen MR) is 83.2 cm³/mol. The molecule has 22 heavy (non-hydrogen) atoms. The molecule has 1 aromatic heterocycles. The lowest BCUT2D eigenvalue weighted by Gasteiger charge is -2.51. The van der Waals surface area contributed by atoms with E-state index in [4.69, 9.17) is 0 Å². The maximum absolute atomic E-state index is 12.2. The SMILES string of the molecule is CC(C)(C)Cc1cc(NC(=O)CC23CNC(=O)C(C2)C3)n[nH]1. The van der Waals surface area contributed by atoms with Gasteiger partial charge in [0.25, 0.3) is 0 Å². The van der Waals surface area contributed by atoms with Gasteiger partial charge in [-0.05, 0) is 30.1 Å². The minimum absolute atomic E-state index is 0.0246. The molecule has 2 bridgehead atoms. The van der Waals surface area contributed by atoms with Crippen LogP contribution < -0.4 is 10.6 Å². The molecule has 0 unspecified atom stereocenters. The second kappa shape index (κ2) is 5.11. The van der Waals surface area contributed by atoms with Crippen LogP contribution in [0.5, 0.6) is 0 Å². The molecule has 0 spiro atoms. The average Bonchev–Trinajstić information content (AvgIpc) is 2.75. The number of hydrogen-bond acceptors (Lipinski definition) is 3. The predicted octanol–water partition coefficient (Wildman–Crippen LogP) is 1.85. The lowest BCUT2D eigenvalue weighted by Crippen LogP contribution is -2.58. The number of anilines is 1. The van der Waals surface area contributed by atoms with E-state index in [1.54, 1.807) is 0 Å². The minimum atomic E-state index is -0.0345. The van der Waals surface area contributed by atoms with Gasteiger partial charge in [0.15, 0.2) is 5.82 Å². The second-order valence-electron chi connectivity index (χ2n) is 8.06. The van der Waals surface area contributed by atoms with E-state index < -0.39 is 0 Å². The van der Waals surface area contributed by atoms with E-state index in [1.807, 2.05) is 6.07 Å². The van der Waals surface area contributed by atoms with E-state index in [9.17, 15) is 9.59 Å². The third-order valence-electron chi connectivity index (χ3n) is 4.52. The summed E-state index contributed by atoms with van der Waals surface area (Å²) in [4.78, 5) is 23.7. The zero-order chi connectivity index (χ0) is 16.0. The van der Waals surface area contributed by atoms with Gasteiger partial charge in [-0.3, -0.25) is 14.7 Å². The summed E-state index contributed by atoms with van der Waals surface area (Å²) >= 11 is 0. The van der Waals surface area contributed by atoms with Crippen LogP contribution in [-0.2, 0) is 16.0 Å². The van der Waals surface area contributed by atoms with Gasteiger partial charge in [0.05, 0.1) is 0 Å². The standard InChI is InChI=1S/C16H24N4O2/c1-15(2,3)7-11-4-12(20-19-11)18-13(21)8-16-5-10(6-16)14(22)17-9-16/h4,10H,5-9H2,1-3H3,(H,17,22)(H2,18,19,20,21). The summed E-state index contributed by atoms with van der Waals surface area (Å²) in [5.41, 5.74) is 1.16. The Bertz CT molecular complexity index is 588. The molecule has 4 rings (SSSR count). The fraction of sp³-hybridized carbons (Fsp3) is 0.688. The first-order chi connectivity index (χ1) is 10.2. The van der Waals surface area contributed by atoms with Gasteiger partial charge in [0.1, 0.15) is 0 Å². The Balaban J connectivity index is 1.53. The van der Waals surface area contributed by atoms with Crippen molar-refractivity contribution in [3.63, 3.8) is 0 Å². The van der Waals surface area contributed by atoms with Crippen LogP contribution in [0.25, 0.3) is 0 Å². The molecule has 2 saturated heterocycles. The largest absolute Gasteiger partial charge is 0.355 e. The van der Waals surface area contributed by atoms with Crippen LogP contribution in [0, 0.1) is 16.7 Å². The molecule has 3 heterocycles. The Morgan fingerprint density at radius 1 is 1.45 bits per heavy atom. The molecule has 0 atom stereocenters. The van der Waals surface area contributed by atoms with Crippen LogP contribution in [0.1, 0.15) is 45.7 Å². The van der Waals surface area contributed by atoms with Crippen molar-refractivity contribution in [2.75, 3.05) is 11.9 Å². The van der Waals surface area contributed by atoms with Gasteiger partial charge in [-0.15, -0.1) is 0 Å². The first-order valence-corrected chi connectivity index (χ1v) is 7.87. The number of carbonyl (C=O) groups is 2. The fourth-order valence-electron chi connectivity index (χ4n) is 3.56. The molecular formula is C16H24N4O2. The van der Waals surface area contributed by atoms with Crippen LogP contribution in [-0.4, -0.2) is 28.6 Å². The monoisotopic (exact) mass is 304 g/mol. The highest BCUT2D eigenvalue weighted by Crippen LogP contribution is 2.50. The van der Waals surface area contributed by atoms with Crippen molar-refractivity contribution in [3.8, 4) is 0 Å². The van der Waals surface area contributed by atoms with Crippen molar-refractivity contribution in [2.24, 2.45) is 16.7 Å². The summed E-state index contributed by atoms with van der Waals surface area (Å²) in [6.45, 7) is 7.10. The molecular weight excluding hydrogens is 280 g/mol. The number of carbonyl (C=O) groups excluding carboxylic acids is 2. The van der Waals surface area contributed by atoms with Crippen LogP contribution in [0.15, 0.2) is 6.07 Å². The van der Waals surface area contributed by atoms with Gasteiger partial charge in [-0.2, -0.15) is 5.10 Å². The fourth-order valence-corrected chi connectivity index (χ4v) is 3.56. The van der Waals surface area contributed by atoms with E-state index in [2.05, 4.69) is 41.6 Å². The van der Waals surface area contributed by atoms with Crippen molar-refractivity contribution < 1.29 is 9.59 Å². The van der Waals surface area contributed by atoms with Crippen molar-refractivity contribution in [2.45, 2.75) is 46.5 Å². The van der Waals surface area contributed by atoms with Crippen LogP contribution in [0.3, 0.4) is 0 Å². The van der Waals surface area contributed by atoms with Crippen molar-refractivity contribution in [1.82, 2.24) is 15.5 Å². The number of rotatable bonds is 4. The highest BCUT2D eigenvalue weighted by Gasteiger charge is 2.52. The Morgan fingerprint density at radius 3 is 2.77 bits per heavy atom. The highest BCUT2D eigenvalue weighted by molar-refractivity contribution is 5.91. The summed E-state index contributed by atoms with van der Waals surface area (Å²) in [6, 6.07) is 1.90. The van der Waals surface area contributed by atoms with Gasteiger partial charge >= 0.3 is 0 Å². The number of fused-ring (bicyclic) bond motifs is 2. The number of H-pyrrole nitrogens is 1. The highest BCUT2D eigenvalue weighted by atomic mass is 16.2. The number of nitrogens with one attached hydrogen (secondary N) is 3. The minimum Gasteiger partial charge on any atom is -0.355 e. The van der Waals surface area contributed by atoms with E-state index in [-0.39, 0.29) is 28.6 Å². The molecule has 6 heteroatoms.